The molecule has 2 amide bonds. The summed E-state index contributed by atoms with van der Waals surface area (Å²) in [6, 6.07) is -0.495. The van der Waals surface area contributed by atoms with Crippen molar-refractivity contribution >= 4 is 29.5 Å². The predicted molar refractivity (Wildman–Crippen MR) is 123 cm³/mol. The molecule has 3 aliphatic heterocycles. The number of hydrogen-bond donors (Lipinski definition) is 2. The number of carbonyl (C=O) groups is 3. The van der Waals surface area contributed by atoms with E-state index >= 15 is 0 Å². The smallest absolute Gasteiger partial charge is 0.308 e. The molecule has 3 heterocycles. The highest BCUT2D eigenvalue weighted by Gasteiger charge is 2.77. The molecule has 32 heavy (non-hydrogen) atoms. The number of carboxylic acids is 1. The van der Waals surface area contributed by atoms with E-state index in [9.17, 15) is 24.6 Å². The van der Waals surface area contributed by atoms with Gasteiger partial charge >= 0.3 is 5.97 Å². The Morgan fingerprint density at radius 2 is 1.97 bits per heavy atom. The molecule has 2 bridgehead atoms. The van der Waals surface area contributed by atoms with Crippen molar-refractivity contribution in [2.75, 3.05) is 19.7 Å². The summed E-state index contributed by atoms with van der Waals surface area (Å²) in [5, 5.41) is 19.3. The van der Waals surface area contributed by atoms with Gasteiger partial charge in [-0.05, 0) is 45.4 Å². The molecule has 4 aliphatic rings. The molecule has 1 saturated carbocycles. The maximum atomic E-state index is 14.2. The second-order valence-electron chi connectivity index (χ2n) is 10.1. The van der Waals surface area contributed by atoms with E-state index in [1.807, 2.05) is 11.8 Å². The fraction of sp³-hybridized carbons (Fsp3) is 0.792. The number of hydrogen-bond acceptors (Lipinski definition) is 5. The lowest BCUT2D eigenvalue weighted by molar-refractivity contribution is -0.150. The Morgan fingerprint density at radius 3 is 2.59 bits per heavy atom. The highest BCUT2D eigenvalue weighted by atomic mass is 32.2. The fourth-order valence-corrected chi connectivity index (χ4v) is 9.17. The van der Waals surface area contributed by atoms with Crippen molar-refractivity contribution in [3.05, 3.63) is 12.7 Å². The number of thioether (sulfide) groups is 1. The topological polar surface area (TPSA) is 98.2 Å². The molecule has 0 aromatic carbocycles. The van der Waals surface area contributed by atoms with Gasteiger partial charge in [0.25, 0.3) is 0 Å². The summed E-state index contributed by atoms with van der Waals surface area (Å²) in [4.78, 5) is 43.8. The van der Waals surface area contributed by atoms with E-state index in [1.165, 1.54) is 6.42 Å². The molecule has 0 radical (unpaired) electrons. The van der Waals surface area contributed by atoms with Crippen LogP contribution in [0.4, 0.5) is 0 Å². The SMILES string of the molecule is C=CCN(C(=O)C1N(CCCCO)C(=O)[C@@H]2[C@@H](C(=O)O)[C@@]3(C)CCC12S3)C1CCCCC1. The van der Waals surface area contributed by atoms with Crippen LogP contribution in [0.15, 0.2) is 12.7 Å². The summed E-state index contributed by atoms with van der Waals surface area (Å²) in [5.41, 5.74) is 0. The Bertz CT molecular complexity index is 784. The van der Waals surface area contributed by atoms with E-state index in [1.54, 1.807) is 22.7 Å². The molecule has 3 saturated heterocycles. The zero-order chi connectivity index (χ0) is 23.1. The van der Waals surface area contributed by atoms with Crippen molar-refractivity contribution in [1.82, 2.24) is 9.80 Å². The van der Waals surface area contributed by atoms with Gasteiger partial charge in [0.15, 0.2) is 0 Å². The highest BCUT2D eigenvalue weighted by Crippen LogP contribution is 2.71. The van der Waals surface area contributed by atoms with Crippen LogP contribution in [0.5, 0.6) is 0 Å². The van der Waals surface area contributed by atoms with Gasteiger partial charge in [0.05, 0.1) is 16.6 Å². The second kappa shape index (κ2) is 9.01. The molecule has 4 fully saturated rings. The van der Waals surface area contributed by atoms with Gasteiger partial charge in [-0.15, -0.1) is 18.3 Å². The van der Waals surface area contributed by atoms with Gasteiger partial charge in [-0.2, -0.15) is 0 Å². The summed E-state index contributed by atoms with van der Waals surface area (Å²) in [7, 11) is 0. The van der Waals surface area contributed by atoms with Gasteiger partial charge < -0.3 is 20.0 Å². The Labute approximate surface area is 194 Å². The Kier molecular flexibility index (Phi) is 6.65. The largest absolute Gasteiger partial charge is 0.481 e. The van der Waals surface area contributed by atoms with Crippen molar-refractivity contribution < 1.29 is 24.6 Å². The molecule has 8 heteroatoms. The van der Waals surface area contributed by atoms with Crippen LogP contribution >= 0.6 is 11.8 Å². The van der Waals surface area contributed by atoms with Gasteiger partial charge in [-0.1, -0.05) is 25.3 Å². The van der Waals surface area contributed by atoms with Gasteiger partial charge in [0.1, 0.15) is 6.04 Å². The minimum atomic E-state index is -0.932. The van der Waals surface area contributed by atoms with Crippen LogP contribution in [-0.4, -0.2) is 79.1 Å². The molecule has 178 valence electrons. The first-order valence-electron chi connectivity index (χ1n) is 12.1. The number of likely N-dealkylation sites (tertiary alicyclic amines) is 1. The normalized spacial score (nSPS) is 36.4. The van der Waals surface area contributed by atoms with Crippen LogP contribution in [0.1, 0.15) is 64.7 Å². The molecule has 1 spiro atoms. The maximum Gasteiger partial charge on any atom is 0.308 e. The number of aliphatic hydroxyl groups excluding tert-OH is 1. The predicted octanol–water partition coefficient (Wildman–Crippen LogP) is 2.67. The van der Waals surface area contributed by atoms with Gasteiger partial charge in [0, 0.05) is 30.5 Å². The quantitative estimate of drug-likeness (QED) is 0.402. The van der Waals surface area contributed by atoms with Crippen molar-refractivity contribution in [1.29, 1.82) is 0 Å². The molecular formula is C24H36N2O5S. The lowest BCUT2D eigenvalue weighted by Crippen LogP contribution is -2.57. The standard InChI is InChI=1S/C24H36N2O5S/c1-3-13-25(16-9-5-4-6-10-16)21(29)19-24-12-11-23(2,32-24)18(22(30)31)17(24)20(28)26(19)14-7-8-15-27/h3,16-19,27H,1,4-15H2,2H3,(H,30,31)/t17-,18-,19?,23+,24?/m0/s1. The Morgan fingerprint density at radius 1 is 1.25 bits per heavy atom. The first-order valence-corrected chi connectivity index (χ1v) is 12.9. The van der Waals surface area contributed by atoms with Crippen LogP contribution in [0.3, 0.4) is 0 Å². The lowest BCUT2D eigenvalue weighted by Gasteiger charge is -2.41. The molecule has 4 rings (SSSR count). The van der Waals surface area contributed by atoms with E-state index < -0.39 is 33.3 Å². The number of fused-ring (bicyclic) bond motifs is 1. The van der Waals surface area contributed by atoms with Crippen LogP contribution < -0.4 is 0 Å². The average molecular weight is 465 g/mol. The molecule has 7 nitrogen and oxygen atoms in total. The van der Waals surface area contributed by atoms with Crippen molar-refractivity contribution in [3.63, 3.8) is 0 Å². The molecule has 2 unspecified atom stereocenters. The number of unbranched alkanes of at least 4 members (excludes halogenated alkanes) is 1. The fourth-order valence-electron chi connectivity index (χ4n) is 6.82. The summed E-state index contributed by atoms with van der Waals surface area (Å²) >= 11 is 1.59. The maximum absolute atomic E-state index is 14.2. The number of rotatable bonds is 9. The van der Waals surface area contributed by atoms with Gasteiger partial charge in [0.2, 0.25) is 11.8 Å². The van der Waals surface area contributed by atoms with Crippen LogP contribution in [0, 0.1) is 11.8 Å². The Hall–Kier alpha value is -1.54. The monoisotopic (exact) mass is 464 g/mol. The minimum absolute atomic E-state index is 0.0322. The third-order valence-electron chi connectivity index (χ3n) is 8.21. The number of aliphatic carboxylic acids is 1. The highest BCUT2D eigenvalue weighted by molar-refractivity contribution is 8.02. The van der Waals surface area contributed by atoms with Crippen LogP contribution in [-0.2, 0) is 14.4 Å². The summed E-state index contributed by atoms with van der Waals surface area (Å²) < 4.78 is -1.20. The van der Waals surface area contributed by atoms with Gasteiger partial charge in [-0.3, -0.25) is 14.4 Å². The Balaban J connectivity index is 1.72. The first-order chi connectivity index (χ1) is 15.3. The zero-order valence-electron chi connectivity index (χ0n) is 19.0. The molecule has 0 aromatic heterocycles. The summed E-state index contributed by atoms with van der Waals surface area (Å²) in [6.07, 6.45) is 9.60. The molecule has 0 aromatic rings. The molecule has 5 atom stereocenters. The number of carbonyl (C=O) groups excluding carboxylic acids is 2. The van der Waals surface area contributed by atoms with E-state index in [0.717, 1.165) is 25.7 Å². The van der Waals surface area contributed by atoms with Crippen molar-refractivity contribution in [2.45, 2.75) is 86.3 Å². The number of carboxylic acid groups (broad SMARTS) is 1. The third kappa shape index (κ3) is 3.58. The average Bonchev–Trinajstić information content (AvgIpc) is 3.33. The number of nitrogens with zero attached hydrogens (tertiary/aromatic N) is 2. The van der Waals surface area contributed by atoms with E-state index in [-0.39, 0.29) is 24.5 Å². The summed E-state index contributed by atoms with van der Waals surface area (Å²) in [6.45, 7) is 6.69. The molecule has 2 N–H and O–H groups in total. The third-order valence-corrected chi connectivity index (χ3v) is 10.2. The van der Waals surface area contributed by atoms with E-state index in [0.29, 0.717) is 38.8 Å². The van der Waals surface area contributed by atoms with E-state index in [2.05, 4.69) is 6.58 Å². The number of amides is 2. The van der Waals surface area contributed by atoms with E-state index in [4.69, 9.17) is 0 Å². The van der Waals surface area contributed by atoms with Gasteiger partial charge in [-0.25, -0.2) is 0 Å². The van der Waals surface area contributed by atoms with Crippen LogP contribution in [0.2, 0.25) is 0 Å². The van der Waals surface area contributed by atoms with Crippen molar-refractivity contribution in [3.8, 4) is 0 Å². The number of aliphatic hydroxyl groups is 1. The summed E-state index contributed by atoms with van der Waals surface area (Å²) in [5.74, 6) is -2.59. The molecule has 1 aliphatic carbocycles. The zero-order valence-corrected chi connectivity index (χ0v) is 19.8. The molecular weight excluding hydrogens is 428 g/mol. The van der Waals surface area contributed by atoms with Crippen molar-refractivity contribution in [2.24, 2.45) is 11.8 Å². The first kappa shape index (κ1) is 23.6. The minimum Gasteiger partial charge on any atom is -0.481 e. The lowest BCUT2D eigenvalue weighted by atomic mass is 9.66. The second-order valence-corrected chi connectivity index (χ2v) is 12.0. The van der Waals surface area contributed by atoms with Crippen LogP contribution in [0.25, 0.3) is 0 Å².